The van der Waals surface area contributed by atoms with Crippen molar-refractivity contribution in [3.05, 3.63) is 83.4 Å². The maximum atomic E-state index is 13.8. The Labute approximate surface area is 414 Å². The van der Waals surface area contributed by atoms with Crippen molar-refractivity contribution in [3.63, 3.8) is 0 Å². The lowest BCUT2D eigenvalue weighted by atomic mass is 9.97. The summed E-state index contributed by atoms with van der Waals surface area (Å²) in [6.45, 7) is -0.908. The number of aliphatic hydroxyl groups excluding tert-OH is 2. The number of hydrogen-bond donors (Lipinski definition) is 4. The molecule has 0 bridgehead atoms. The molecule has 0 unspecified atom stereocenters. The predicted octanol–water partition coefficient (Wildman–Crippen LogP) is 1.22. The number of sulfone groups is 1. The molecule has 0 aromatic heterocycles. The molecule has 25 heteroatoms. The minimum atomic E-state index is -3.60. The summed E-state index contributed by atoms with van der Waals surface area (Å²) >= 11 is 0. The van der Waals surface area contributed by atoms with E-state index in [2.05, 4.69) is 5.32 Å². The van der Waals surface area contributed by atoms with Gasteiger partial charge in [-0.15, -0.1) is 0 Å². The third-order valence-corrected chi connectivity index (χ3v) is 12.0. The standard InChI is InChI=1S/C47H58N4O20S/c1-27(54)67-39-40(68-28(2)55)42(69-29(3)56)44(71-41(39)43(58)63-5)70-37-16-15-30(21-65-46(60)51(17-18-72(6,61)62)26-64-25-47(48,23-52)24-53)19-36(37)49-38(57)20-50(4)45(59)66-22-35-33-13-9-7-11-31(33)32-12-8-10-14-34(32)35/h7-16,19,35,39-42,44,52-53H,17-18,20-26,48H2,1-6H3,(H,49,57)/t39-,40-,41-,42+,44+/m0/s1. The summed E-state index contributed by atoms with van der Waals surface area (Å²) in [5.41, 5.74) is 8.22. The van der Waals surface area contributed by atoms with Gasteiger partial charge in [0.15, 0.2) is 18.3 Å². The second kappa shape index (κ2) is 25.0. The molecule has 0 spiro atoms. The van der Waals surface area contributed by atoms with Crippen molar-refractivity contribution in [3.8, 4) is 16.9 Å². The Balaban J connectivity index is 1.42. The first-order valence-electron chi connectivity index (χ1n) is 22.1. The van der Waals surface area contributed by atoms with Gasteiger partial charge in [-0.05, 0) is 39.9 Å². The number of anilines is 1. The van der Waals surface area contributed by atoms with Gasteiger partial charge < -0.3 is 68.8 Å². The van der Waals surface area contributed by atoms with Crippen LogP contribution < -0.4 is 15.8 Å². The summed E-state index contributed by atoms with van der Waals surface area (Å²) < 4.78 is 73.9. The first kappa shape index (κ1) is 56.0. The fourth-order valence-electron chi connectivity index (χ4n) is 7.56. The highest BCUT2D eigenvalue weighted by molar-refractivity contribution is 7.90. The van der Waals surface area contributed by atoms with E-state index in [1.54, 1.807) is 0 Å². The molecule has 3 amide bonds. The van der Waals surface area contributed by atoms with Crippen LogP contribution in [0, 0.1) is 0 Å². The zero-order chi connectivity index (χ0) is 52.9. The number of fused-ring (bicyclic) bond motifs is 3. The molecule has 1 aliphatic heterocycles. The Morgan fingerprint density at radius 2 is 1.39 bits per heavy atom. The second-order valence-corrected chi connectivity index (χ2v) is 19.2. The SMILES string of the molecule is COC(=O)[C@H]1O[C@@H](Oc2ccc(COC(=O)N(CCS(C)(=O)=O)COCC(N)(CO)CO)cc2NC(=O)CN(C)C(=O)OCC2c3ccccc3-c3ccccc32)[C@H](OC(C)=O)[C@@H](OC(C)=O)[C@@H]1OC(C)=O. The van der Waals surface area contributed by atoms with Gasteiger partial charge in [-0.1, -0.05) is 54.6 Å². The number of nitrogens with one attached hydrogen (secondary N) is 1. The Morgan fingerprint density at radius 1 is 0.806 bits per heavy atom. The molecule has 72 heavy (non-hydrogen) atoms. The number of aliphatic hydroxyl groups is 2. The average molecular weight is 1030 g/mol. The highest BCUT2D eigenvalue weighted by Crippen LogP contribution is 2.44. The summed E-state index contributed by atoms with van der Waals surface area (Å²) in [5, 5.41) is 21.7. The van der Waals surface area contributed by atoms with Crippen LogP contribution in [0.2, 0.25) is 0 Å². The number of carbonyl (C=O) groups excluding carboxylic acids is 7. The number of rotatable bonds is 22. The third kappa shape index (κ3) is 15.1. The van der Waals surface area contributed by atoms with E-state index in [4.69, 9.17) is 48.4 Å². The fraction of sp³-hybridized carbons (Fsp3) is 0.468. The molecule has 3 aromatic rings. The number of likely N-dealkylation sites (N-methyl/N-ethyl adjacent to an activating group) is 1. The molecule has 2 aliphatic rings. The smallest absolute Gasteiger partial charge is 0.411 e. The van der Waals surface area contributed by atoms with Crippen molar-refractivity contribution in [1.82, 2.24) is 9.80 Å². The van der Waals surface area contributed by atoms with E-state index in [0.717, 1.165) is 66.2 Å². The van der Waals surface area contributed by atoms with Crippen LogP contribution in [0.15, 0.2) is 66.7 Å². The molecular formula is C47H58N4O20S. The highest BCUT2D eigenvalue weighted by Gasteiger charge is 2.56. The Kier molecular flexibility index (Phi) is 19.4. The molecule has 1 aliphatic carbocycles. The molecule has 0 saturated carbocycles. The van der Waals surface area contributed by atoms with Crippen molar-refractivity contribution in [1.29, 1.82) is 0 Å². The average Bonchev–Trinajstić information content (AvgIpc) is 3.65. The quantitative estimate of drug-likeness (QED) is 0.0624. The summed E-state index contributed by atoms with van der Waals surface area (Å²) in [5.74, 6) is -5.81. The molecule has 1 heterocycles. The maximum absolute atomic E-state index is 13.8. The molecule has 0 radical (unpaired) electrons. The summed E-state index contributed by atoms with van der Waals surface area (Å²) in [7, 11) is -1.28. The summed E-state index contributed by atoms with van der Waals surface area (Å²) in [4.78, 5) is 92.8. The molecule has 5 atom stereocenters. The lowest BCUT2D eigenvalue weighted by Crippen LogP contribution is -2.64. The molecule has 392 valence electrons. The van der Waals surface area contributed by atoms with Gasteiger partial charge in [-0.3, -0.25) is 24.1 Å². The minimum absolute atomic E-state index is 0.0430. The van der Waals surface area contributed by atoms with E-state index >= 15 is 0 Å². The molecule has 3 aromatic carbocycles. The number of ether oxygens (including phenoxy) is 9. The van der Waals surface area contributed by atoms with E-state index in [1.807, 2.05) is 48.5 Å². The number of benzene rings is 3. The third-order valence-electron chi connectivity index (χ3n) is 11.0. The number of nitrogens with two attached hydrogens (primary N) is 1. The molecule has 1 fully saturated rings. The van der Waals surface area contributed by atoms with Gasteiger partial charge in [0, 0.05) is 46.5 Å². The van der Waals surface area contributed by atoms with E-state index in [9.17, 15) is 52.2 Å². The first-order valence-corrected chi connectivity index (χ1v) is 24.2. The van der Waals surface area contributed by atoms with Crippen molar-refractivity contribution in [2.45, 2.75) is 69.5 Å². The van der Waals surface area contributed by atoms with Gasteiger partial charge in [0.2, 0.25) is 18.3 Å². The molecule has 1 saturated heterocycles. The van der Waals surface area contributed by atoms with Crippen LogP contribution in [0.1, 0.15) is 43.4 Å². The Hall–Kier alpha value is -6.90. The van der Waals surface area contributed by atoms with Gasteiger partial charge >= 0.3 is 36.1 Å². The lowest BCUT2D eigenvalue weighted by molar-refractivity contribution is -0.282. The summed E-state index contributed by atoms with van der Waals surface area (Å²) in [6.07, 6.45) is -9.88. The van der Waals surface area contributed by atoms with Crippen LogP contribution in [0.4, 0.5) is 15.3 Å². The monoisotopic (exact) mass is 1030 g/mol. The molecule has 5 N–H and O–H groups in total. The van der Waals surface area contributed by atoms with Gasteiger partial charge in [0.1, 0.15) is 42.1 Å². The van der Waals surface area contributed by atoms with E-state index in [0.29, 0.717) is 0 Å². The Morgan fingerprint density at radius 3 is 1.96 bits per heavy atom. The van der Waals surface area contributed by atoms with Crippen molar-refractivity contribution >= 4 is 57.5 Å². The normalized spacial score (nSPS) is 18.3. The molecule has 24 nitrogen and oxygen atoms in total. The zero-order valence-corrected chi connectivity index (χ0v) is 41.1. The van der Waals surface area contributed by atoms with Crippen molar-refractivity contribution in [2.75, 3.05) is 77.7 Å². The largest absolute Gasteiger partial charge is 0.467 e. The number of esters is 4. The highest BCUT2D eigenvalue weighted by atomic mass is 32.2. The van der Waals surface area contributed by atoms with Crippen LogP contribution in [0.3, 0.4) is 0 Å². The van der Waals surface area contributed by atoms with Crippen LogP contribution in [-0.2, 0) is 78.3 Å². The van der Waals surface area contributed by atoms with Crippen LogP contribution in [-0.4, -0.2) is 179 Å². The van der Waals surface area contributed by atoms with Gasteiger partial charge in [-0.2, -0.15) is 0 Å². The predicted molar refractivity (Wildman–Crippen MR) is 249 cm³/mol. The fourth-order valence-corrected chi connectivity index (χ4v) is 8.11. The van der Waals surface area contributed by atoms with Gasteiger partial charge in [0.25, 0.3) is 0 Å². The molecular weight excluding hydrogens is 973 g/mol. The topological polar surface area (TPSA) is 322 Å². The van der Waals surface area contributed by atoms with Gasteiger partial charge in [0.05, 0.1) is 43.9 Å². The number of nitrogens with zero attached hydrogens (tertiary/aromatic N) is 2. The van der Waals surface area contributed by atoms with E-state index in [1.165, 1.54) is 25.2 Å². The van der Waals surface area contributed by atoms with E-state index in [-0.39, 0.29) is 29.5 Å². The zero-order valence-electron chi connectivity index (χ0n) is 40.3. The van der Waals surface area contributed by atoms with Crippen molar-refractivity contribution in [2.24, 2.45) is 5.73 Å². The van der Waals surface area contributed by atoms with Gasteiger partial charge in [-0.25, -0.2) is 22.8 Å². The maximum Gasteiger partial charge on any atom is 0.411 e. The number of methoxy groups -OCH3 is 1. The number of hydrogen-bond acceptors (Lipinski definition) is 21. The Bertz CT molecular complexity index is 2530. The summed E-state index contributed by atoms with van der Waals surface area (Å²) in [6, 6.07) is 19.4. The second-order valence-electron chi connectivity index (χ2n) is 16.9. The number of carbonyl (C=O) groups is 7. The first-order chi connectivity index (χ1) is 34.1. The van der Waals surface area contributed by atoms with Crippen LogP contribution >= 0.6 is 0 Å². The van der Waals surface area contributed by atoms with Crippen molar-refractivity contribution < 1.29 is 94.8 Å². The van der Waals surface area contributed by atoms with Crippen LogP contribution in [0.5, 0.6) is 5.75 Å². The lowest BCUT2D eigenvalue weighted by Gasteiger charge is -2.43. The van der Waals surface area contributed by atoms with Crippen LogP contribution in [0.25, 0.3) is 11.1 Å². The number of amides is 3. The minimum Gasteiger partial charge on any atom is -0.467 e. The van der Waals surface area contributed by atoms with E-state index < -0.39 is 140 Å². The molecule has 5 rings (SSSR count).